The number of halogens is 1. The summed E-state index contributed by atoms with van der Waals surface area (Å²) in [6.07, 6.45) is 9.89. The topological polar surface area (TPSA) is 53.9 Å². The van der Waals surface area contributed by atoms with Gasteiger partial charge in [-0.1, -0.05) is 52.4 Å². The Labute approximate surface area is 139 Å². The lowest BCUT2D eigenvalue weighted by atomic mass is 10.2. The lowest BCUT2D eigenvalue weighted by Gasteiger charge is -2.23. The summed E-state index contributed by atoms with van der Waals surface area (Å²) >= 11 is 6.01. The molecule has 0 amide bonds. The Kier molecular flexibility index (Phi) is 9.87. The summed E-state index contributed by atoms with van der Waals surface area (Å²) < 4.78 is 0. The molecule has 0 saturated heterocycles. The molecule has 6 heteroatoms. The number of nitrogens with one attached hydrogen (secondary N) is 1. The van der Waals surface area contributed by atoms with E-state index in [0.29, 0.717) is 11.9 Å². The molecule has 1 rings (SSSR count). The van der Waals surface area contributed by atoms with Crippen LogP contribution in [-0.4, -0.2) is 35.1 Å². The maximum absolute atomic E-state index is 6.01. The second kappa shape index (κ2) is 11.5. The third-order valence-corrected chi connectivity index (χ3v) is 3.83. The van der Waals surface area contributed by atoms with Crippen LogP contribution in [0, 0.1) is 0 Å². The third-order valence-electron chi connectivity index (χ3n) is 3.67. The fourth-order valence-electron chi connectivity index (χ4n) is 2.36. The molecule has 1 aromatic heterocycles. The Bertz CT molecular complexity index is 402. The molecule has 0 radical (unpaired) electrons. The van der Waals surface area contributed by atoms with Gasteiger partial charge in [0.2, 0.25) is 17.2 Å². The Hall–Kier alpha value is -1.10. The molecule has 5 nitrogen and oxygen atoms in total. The van der Waals surface area contributed by atoms with Gasteiger partial charge in [-0.25, -0.2) is 0 Å². The Morgan fingerprint density at radius 1 is 0.864 bits per heavy atom. The van der Waals surface area contributed by atoms with Crippen LogP contribution in [-0.2, 0) is 0 Å². The van der Waals surface area contributed by atoms with Crippen molar-refractivity contribution in [2.45, 2.75) is 65.2 Å². The van der Waals surface area contributed by atoms with Gasteiger partial charge in [0.25, 0.3) is 0 Å². The van der Waals surface area contributed by atoms with Crippen molar-refractivity contribution in [3.8, 4) is 0 Å². The predicted octanol–water partition coefficient (Wildman–Crippen LogP) is 4.53. The Morgan fingerprint density at radius 3 is 1.95 bits per heavy atom. The molecular formula is C16H30ClN5. The summed E-state index contributed by atoms with van der Waals surface area (Å²) in [7, 11) is 1.79. The molecule has 0 aliphatic rings. The highest BCUT2D eigenvalue weighted by molar-refractivity contribution is 6.28. The molecule has 0 saturated carbocycles. The highest BCUT2D eigenvalue weighted by Crippen LogP contribution is 2.16. The van der Waals surface area contributed by atoms with E-state index in [1.807, 2.05) is 0 Å². The summed E-state index contributed by atoms with van der Waals surface area (Å²) in [4.78, 5) is 15.1. The Balaban J connectivity index is 2.67. The number of hydrogen-bond acceptors (Lipinski definition) is 5. The highest BCUT2D eigenvalue weighted by atomic mass is 35.5. The number of anilines is 2. The molecule has 22 heavy (non-hydrogen) atoms. The van der Waals surface area contributed by atoms with Crippen molar-refractivity contribution in [2.24, 2.45) is 0 Å². The van der Waals surface area contributed by atoms with Crippen LogP contribution in [0.2, 0.25) is 5.28 Å². The van der Waals surface area contributed by atoms with Crippen molar-refractivity contribution in [1.29, 1.82) is 0 Å². The molecule has 0 aliphatic heterocycles. The van der Waals surface area contributed by atoms with Gasteiger partial charge in [-0.15, -0.1) is 0 Å². The number of unbranched alkanes of at least 4 members (excludes halogenated alkanes) is 6. The van der Waals surface area contributed by atoms with Crippen LogP contribution in [0.15, 0.2) is 0 Å². The second-order valence-corrected chi connectivity index (χ2v) is 5.92. The van der Waals surface area contributed by atoms with E-state index < -0.39 is 0 Å². The van der Waals surface area contributed by atoms with E-state index in [-0.39, 0.29) is 5.28 Å². The first-order valence-electron chi connectivity index (χ1n) is 8.55. The molecule has 1 aromatic rings. The van der Waals surface area contributed by atoms with Crippen LogP contribution in [0.25, 0.3) is 0 Å². The van der Waals surface area contributed by atoms with Crippen LogP contribution in [0.4, 0.5) is 11.9 Å². The highest BCUT2D eigenvalue weighted by Gasteiger charge is 2.12. The molecule has 1 N–H and O–H groups in total. The molecule has 0 bridgehead atoms. The average molecular weight is 328 g/mol. The van der Waals surface area contributed by atoms with Gasteiger partial charge in [-0.05, 0) is 24.4 Å². The fraction of sp³-hybridized carbons (Fsp3) is 0.812. The molecule has 0 aliphatic carbocycles. The van der Waals surface area contributed by atoms with Crippen LogP contribution in [0.1, 0.15) is 65.2 Å². The largest absolute Gasteiger partial charge is 0.357 e. The van der Waals surface area contributed by atoms with Crippen molar-refractivity contribution >= 4 is 23.5 Å². The molecule has 0 fully saturated rings. The quantitative estimate of drug-likeness (QED) is 0.571. The number of rotatable bonds is 12. The van der Waals surface area contributed by atoms with Crippen molar-refractivity contribution in [3.63, 3.8) is 0 Å². The van der Waals surface area contributed by atoms with Gasteiger partial charge in [-0.2, -0.15) is 15.0 Å². The first-order chi connectivity index (χ1) is 10.7. The number of hydrogen-bond donors (Lipinski definition) is 1. The second-order valence-electron chi connectivity index (χ2n) is 5.59. The van der Waals surface area contributed by atoms with E-state index >= 15 is 0 Å². The van der Waals surface area contributed by atoms with Gasteiger partial charge < -0.3 is 10.2 Å². The van der Waals surface area contributed by atoms with E-state index in [1.165, 1.54) is 51.4 Å². The zero-order valence-electron chi connectivity index (χ0n) is 14.2. The van der Waals surface area contributed by atoms with E-state index in [2.05, 4.69) is 39.0 Å². The maximum atomic E-state index is 6.01. The summed E-state index contributed by atoms with van der Waals surface area (Å²) in [5.41, 5.74) is 0. The Morgan fingerprint density at radius 2 is 1.45 bits per heavy atom. The molecule has 1 heterocycles. The van der Waals surface area contributed by atoms with Crippen LogP contribution < -0.4 is 10.2 Å². The van der Waals surface area contributed by atoms with Gasteiger partial charge in [0.05, 0.1) is 0 Å². The first kappa shape index (κ1) is 18.9. The number of aromatic nitrogens is 3. The zero-order chi connectivity index (χ0) is 16.2. The number of nitrogens with zero attached hydrogens (tertiary/aromatic N) is 4. The van der Waals surface area contributed by atoms with Crippen molar-refractivity contribution in [1.82, 2.24) is 15.0 Å². The van der Waals surface area contributed by atoms with Gasteiger partial charge in [0.1, 0.15) is 0 Å². The molecule has 126 valence electrons. The summed E-state index contributed by atoms with van der Waals surface area (Å²) in [5.74, 6) is 1.22. The van der Waals surface area contributed by atoms with E-state index in [9.17, 15) is 0 Å². The van der Waals surface area contributed by atoms with Gasteiger partial charge >= 0.3 is 0 Å². The molecule has 0 aromatic carbocycles. The minimum absolute atomic E-state index is 0.251. The third kappa shape index (κ3) is 7.25. The first-order valence-corrected chi connectivity index (χ1v) is 8.93. The van der Waals surface area contributed by atoms with E-state index in [0.717, 1.165) is 13.1 Å². The minimum atomic E-state index is 0.251. The van der Waals surface area contributed by atoms with Crippen LogP contribution >= 0.6 is 11.6 Å². The van der Waals surface area contributed by atoms with Crippen molar-refractivity contribution in [2.75, 3.05) is 30.4 Å². The monoisotopic (exact) mass is 327 g/mol. The van der Waals surface area contributed by atoms with Crippen LogP contribution in [0.3, 0.4) is 0 Å². The standard InChI is InChI=1S/C16H30ClN5/c1-4-6-8-10-12-22(13-11-9-7-5-2)16-20-14(17)19-15(18-3)21-16/h4-13H2,1-3H3,(H,18,19,20,21). The molecule has 0 atom stereocenters. The maximum Gasteiger partial charge on any atom is 0.231 e. The minimum Gasteiger partial charge on any atom is -0.357 e. The summed E-state index contributed by atoms with van der Waals surface area (Å²) in [5, 5.41) is 3.19. The lowest BCUT2D eigenvalue weighted by molar-refractivity contribution is 0.600. The van der Waals surface area contributed by atoms with Gasteiger partial charge in [0.15, 0.2) is 0 Å². The molecular weight excluding hydrogens is 298 g/mol. The molecule has 0 spiro atoms. The van der Waals surface area contributed by atoms with E-state index in [1.54, 1.807) is 7.05 Å². The van der Waals surface area contributed by atoms with Gasteiger partial charge in [0, 0.05) is 20.1 Å². The zero-order valence-corrected chi connectivity index (χ0v) is 15.0. The molecule has 0 unspecified atom stereocenters. The normalized spacial score (nSPS) is 10.7. The summed E-state index contributed by atoms with van der Waals surface area (Å²) in [6, 6.07) is 0. The predicted molar refractivity (Wildman–Crippen MR) is 94.9 cm³/mol. The smallest absolute Gasteiger partial charge is 0.231 e. The SMILES string of the molecule is CCCCCCN(CCCCCC)c1nc(Cl)nc(NC)n1. The van der Waals surface area contributed by atoms with Gasteiger partial charge in [-0.3, -0.25) is 0 Å². The fourth-order valence-corrected chi connectivity index (χ4v) is 2.52. The van der Waals surface area contributed by atoms with Crippen LogP contribution in [0.5, 0.6) is 0 Å². The van der Waals surface area contributed by atoms with Crippen molar-refractivity contribution in [3.05, 3.63) is 5.28 Å². The lowest BCUT2D eigenvalue weighted by Crippen LogP contribution is -2.28. The summed E-state index contributed by atoms with van der Waals surface area (Å²) in [6.45, 7) is 6.42. The van der Waals surface area contributed by atoms with E-state index in [4.69, 9.17) is 11.6 Å². The van der Waals surface area contributed by atoms with Crippen molar-refractivity contribution < 1.29 is 0 Å². The average Bonchev–Trinajstić information content (AvgIpc) is 2.52.